The number of hydrogen-bond donors (Lipinski definition) is 0. The van der Waals surface area contributed by atoms with Crippen LogP contribution >= 0.6 is 0 Å². The van der Waals surface area contributed by atoms with Gasteiger partial charge < -0.3 is 4.74 Å². The molecule has 0 aromatic heterocycles. The molecule has 1 rings (SSSR count). The maximum atomic E-state index is 12.5. The maximum absolute atomic E-state index is 12.5. The summed E-state index contributed by atoms with van der Waals surface area (Å²) in [5.74, 6) is 0.370. The molecule has 0 unspecified atom stereocenters. The molecule has 0 aliphatic carbocycles. The minimum Gasteiger partial charge on any atom is -0.448 e. The van der Waals surface area contributed by atoms with E-state index >= 15 is 0 Å². The molecular weight excluding hydrogens is 121 g/mol. The molecule has 0 spiro atoms. The van der Waals surface area contributed by atoms with Crippen molar-refractivity contribution in [3.8, 4) is 0 Å². The van der Waals surface area contributed by atoms with Crippen molar-refractivity contribution >= 4 is 5.90 Å². The molecule has 52 valence electrons. The van der Waals surface area contributed by atoms with Gasteiger partial charge in [-0.25, -0.2) is 4.39 Å². The van der Waals surface area contributed by atoms with Crippen LogP contribution in [0.3, 0.4) is 0 Å². The van der Waals surface area contributed by atoms with Crippen LogP contribution in [0.25, 0.3) is 0 Å². The van der Waals surface area contributed by atoms with Gasteiger partial charge in [-0.1, -0.05) is 6.92 Å². The van der Waals surface area contributed by atoms with Crippen LogP contribution in [0.1, 0.15) is 13.8 Å². The second-order valence-electron chi connectivity index (χ2n) is 2.31. The van der Waals surface area contributed by atoms with Crippen molar-refractivity contribution in [2.24, 2.45) is 10.9 Å². The highest BCUT2D eigenvalue weighted by molar-refractivity contribution is 5.73. The van der Waals surface area contributed by atoms with Crippen LogP contribution in [0, 0.1) is 5.92 Å². The van der Waals surface area contributed by atoms with Crippen LogP contribution in [0.15, 0.2) is 4.99 Å². The number of rotatable bonds is 0. The number of ether oxygens (including phenoxy) is 1. The zero-order chi connectivity index (χ0) is 6.85. The molecule has 0 amide bonds. The van der Waals surface area contributed by atoms with Crippen molar-refractivity contribution < 1.29 is 9.13 Å². The van der Waals surface area contributed by atoms with Crippen molar-refractivity contribution in [3.05, 3.63) is 0 Å². The van der Waals surface area contributed by atoms with Crippen LogP contribution in [0.4, 0.5) is 4.39 Å². The smallest absolute Gasteiger partial charge is 0.244 e. The van der Waals surface area contributed by atoms with Crippen molar-refractivity contribution in [1.29, 1.82) is 0 Å². The van der Waals surface area contributed by atoms with Gasteiger partial charge in [0.25, 0.3) is 0 Å². The van der Waals surface area contributed by atoms with Crippen LogP contribution in [-0.2, 0) is 4.74 Å². The molecule has 1 aliphatic heterocycles. The summed E-state index contributed by atoms with van der Waals surface area (Å²) in [7, 11) is 0. The van der Waals surface area contributed by atoms with Gasteiger partial charge in [-0.05, 0) is 0 Å². The Bertz CT molecular complexity index is 135. The van der Waals surface area contributed by atoms with Gasteiger partial charge in [-0.2, -0.15) is 0 Å². The molecule has 1 heterocycles. The first kappa shape index (κ1) is 6.52. The molecular formula is C6H10FNO. The molecule has 0 aromatic carbocycles. The summed E-state index contributed by atoms with van der Waals surface area (Å²) in [6.45, 7) is 3.99. The Hall–Kier alpha value is -0.600. The van der Waals surface area contributed by atoms with Crippen molar-refractivity contribution in [2.45, 2.75) is 20.2 Å². The van der Waals surface area contributed by atoms with E-state index in [0.717, 1.165) is 0 Å². The fourth-order valence-corrected chi connectivity index (χ4v) is 0.672. The van der Waals surface area contributed by atoms with Crippen LogP contribution in [0.5, 0.6) is 0 Å². The summed E-state index contributed by atoms with van der Waals surface area (Å²) in [5.41, 5.74) is 0. The minimum atomic E-state index is -1.15. The lowest BCUT2D eigenvalue weighted by molar-refractivity contribution is -0.000426. The predicted octanol–water partition coefficient (Wildman–Crippen LogP) is 1.37. The van der Waals surface area contributed by atoms with E-state index in [-0.39, 0.29) is 5.92 Å². The van der Waals surface area contributed by atoms with Gasteiger partial charge in [0.2, 0.25) is 6.36 Å². The van der Waals surface area contributed by atoms with E-state index in [1.807, 2.05) is 0 Å². The van der Waals surface area contributed by atoms with E-state index in [9.17, 15) is 4.39 Å². The number of halogens is 1. The summed E-state index contributed by atoms with van der Waals surface area (Å²) < 4.78 is 17.2. The van der Waals surface area contributed by atoms with Crippen molar-refractivity contribution in [2.75, 3.05) is 6.54 Å². The molecule has 2 nitrogen and oxygen atoms in total. The Morgan fingerprint density at radius 3 is 2.89 bits per heavy atom. The van der Waals surface area contributed by atoms with E-state index in [2.05, 4.69) is 9.73 Å². The Morgan fingerprint density at radius 1 is 1.78 bits per heavy atom. The average Bonchev–Trinajstić information content (AvgIpc) is 1.80. The molecule has 0 saturated carbocycles. The fourth-order valence-electron chi connectivity index (χ4n) is 0.672. The second-order valence-corrected chi connectivity index (χ2v) is 2.31. The summed E-state index contributed by atoms with van der Waals surface area (Å²) in [6.07, 6.45) is -1.15. The largest absolute Gasteiger partial charge is 0.448 e. The minimum absolute atomic E-state index is 0.0892. The van der Waals surface area contributed by atoms with Gasteiger partial charge in [-0.15, -0.1) is 0 Å². The van der Waals surface area contributed by atoms with Gasteiger partial charge in [0.05, 0.1) is 6.54 Å². The monoisotopic (exact) mass is 131 g/mol. The molecule has 1 aliphatic rings. The quantitative estimate of drug-likeness (QED) is 0.486. The Balaban J connectivity index is 2.54. The number of hydrogen-bond acceptors (Lipinski definition) is 2. The molecule has 2 atom stereocenters. The second kappa shape index (κ2) is 2.33. The molecule has 0 fully saturated rings. The van der Waals surface area contributed by atoms with E-state index in [1.54, 1.807) is 13.8 Å². The SMILES string of the molecule is CC1=NC[C@H](C)[C@H](F)O1. The molecule has 9 heavy (non-hydrogen) atoms. The van der Waals surface area contributed by atoms with E-state index in [4.69, 9.17) is 0 Å². The Morgan fingerprint density at radius 2 is 2.44 bits per heavy atom. The number of alkyl halides is 1. The standard InChI is InChI=1S/C6H10FNO/c1-4-3-8-5(2)9-6(4)7/h4,6H,3H2,1-2H3/t4-,6+/m0/s1. The van der Waals surface area contributed by atoms with Crippen LogP contribution in [0.2, 0.25) is 0 Å². The third-order valence-corrected chi connectivity index (χ3v) is 1.33. The zero-order valence-electron chi connectivity index (χ0n) is 5.60. The molecule has 0 aromatic rings. The first-order chi connectivity index (χ1) is 4.20. The molecule has 0 bridgehead atoms. The highest BCUT2D eigenvalue weighted by Crippen LogP contribution is 2.14. The Kier molecular flexibility index (Phi) is 1.69. The first-order valence-electron chi connectivity index (χ1n) is 3.02. The summed E-state index contributed by atoms with van der Waals surface area (Å²) in [4.78, 5) is 3.92. The van der Waals surface area contributed by atoms with Crippen LogP contribution < -0.4 is 0 Å². The van der Waals surface area contributed by atoms with Gasteiger partial charge in [0.15, 0.2) is 5.90 Å². The highest BCUT2D eigenvalue weighted by atomic mass is 19.1. The third kappa shape index (κ3) is 1.40. The predicted molar refractivity (Wildman–Crippen MR) is 33.1 cm³/mol. The highest BCUT2D eigenvalue weighted by Gasteiger charge is 2.21. The van der Waals surface area contributed by atoms with E-state index in [1.165, 1.54) is 0 Å². The topological polar surface area (TPSA) is 21.6 Å². The van der Waals surface area contributed by atoms with E-state index in [0.29, 0.717) is 12.4 Å². The maximum Gasteiger partial charge on any atom is 0.244 e. The van der Waals surface area contributed by atoms with Gasteiger partial charge in [0.1, 0.15) is 0 Å². The first-order valence-corrected chi connectivity index (χ1v) is 3.02. The van der Waals surface area contributed by atoms with Gasteiger partial charge in [0, 0.05) is 12.8 Å². The fraction of sp³-hybridized carbons (Fsp3) is 0.833. The molecule has 0 N–H and O–H groups in total. The van der Waals surface area contributed by atoms with Crippen molar-refractivity contribution in [3.63, 3.8) is 0 Å². The van der Waals surface area contributed by atoms with E-state index < -0.39 is 6.36 Å². The molecule has 0 saturated heterocycles. The number of aliphatic imine (C=N–C) groups is 1. The summed E-state index contributed by atoms with van der Waals surface area (Å²) in [6, 6.07) is 0. The molecule has 0 radical (unpaired) electrons. The summed E-state index contributed by atoms with van der Waals surface area (Å²) >= 11 is 0. The lowest BCUT2D eigenvalue weighted by Gasteiger charge is -2.20. The zero-order valence-corrected chi connectivity index (χ0v) is 5.60. The lowest BCUT2D eigenvalue weighted by Crippen LogP contribution is -2.26. The number of nitrogens with zero attached hydrogens (tertiary/aromatic N) is 1. The molecule has 3 heteroatoms. The van der Waals surface area contributed by atoms with Crippen LogP contribution in [-0.4, -0.2) is 18.8 Å². The van der Waals surface area contributed by atoms with Crippen molar-refractivity contribution in [1.82, 2.24) is 0 Å². The van der Waals surface area contributed by atoms with Gasteiger partial charge in [-0.3, -0.25) is 4.99 Å². The average molecular weight is 131 g/mol. The Labute approximate surface area is 53.7 Å². The van der Waals surface area contributed by atoms with Gasteiger partial charge >= 0.3 is 0 Å². The third-order valence-electron chi connectivity index (χ3n) is 1.33. The summed E-state index contributed by atoms with van der Waals surface area (Å²) in [5, 5.41) is 0. The normalized spacial score (nSPS) is 35.2. The lowest BCUT2D eigenvalue weighted by atomic mass is 10.2.